The number of ether oxygens (including phenoxy) is 3. The van der Waals surface area contributed by atoms with E-state index in [0.29, 0.717) is 39.7 Å². The topological polar surface area (TPSA) is 121 Å². The van der Waals surface area contributed by atoms with Crippen LogP contribution in [0, 0.1) is 11.3 Å². The second kappa shape index (κ2) is 13.4. The van der Waals surface area contributed by atoms with Crippen molar-refractivity contribution in [3.63, 3.8) is 0 Å². The number of carbonyl (C=O) groups is 2. The van der Waals surface area contributed by atoms with Crippen LogP contribution in [0.2, 0.25) is 18.1 Å². The van der Waals surface area contributed by atoms with E-state index in [2.05, 4.69) is 49.9 Å². The lowest BCUT2D eigenvalue weighted by Crippen LogP contribution is -2.43. The Hall–Kier alpha value is -4.23. The summed E-state index contributed by atoms with van der Waals surface area (Å²) in [7, 11) is -2.16. The zero-order chi connectivity index (χ0) is 30.2. The molecule has 0 unspecified atom stereocenters. The average molecular weight is 576 g/mol. The predicted octanol–water partition coefficient (Wildman–Crippen LogP) is 6.02. The highest BCUT2D eigenvalue weighted by atomic mass is 28.4. The fourth-order valence-corrected chi connectivity index (χ4v) is 4.73. The first-order chi connectivity index (χ1) is 19.3. The minimum atomic E-state index is -2.16. The maximum Gasteiger partial charge on any atom is 0.347 e. The monoisotopic (exact) mass is 575 g/mol. The van der Waals surface area contributed by atoms with Gasteiger partial charge in [-0.15, -0.1) is 0 Å². The summed E-state index contributed by atoms with van der Waals surface area (Å²) in [5.41, 5.74) is 2.31. The Labute approximate surface area is 242 Å². The first-order valence-corrected chi connectivity index (χ1v) is 16.4. The largest absolute Gasteiger partial charge is 0.543 e. The van der Waals surface area contributed by atoms with Crippen molar-refractivity contribution >= 4 is 20.3 Å². The number of carbonyl (C=O) groups excluding carboxylic acids is 2. The van der Waals surface area contributed by atoms with E-state index in [1.165, 1.54) is 6.92 Å². The quantitative estimate of drug-likeness (QED) is 0.200. The van der Waals surface area contributed by atoms with Crippen LogP contribution in [0.1, 0.15) is 51.4 Å². The molecule has 0 spiro atoms. The summed E-state index contributed by atoms with van der Waals surface area (Å²) in [5.74, 6) is 0.304. The van der Waals surface area contributed by atoms with Crippen molar-refractivity contribution in [1.82, 2.24) is 9.97 Å². The Morgan fingerprint density at radius 1 is 1.10 bits per heavy atom. The molecule has 9 nitrogen and oxygen atoms in total. The van der Waals surface area contributed by atoms with E-state index in [1.807, 2.05) is 18.2 Å². The van der Waals surface area contributed by atoms with Gasteiger partial charge in [0.1, 0.15) is 18.1 Å². The van der Waals surface area contributed by atoms with Crippen LogP contribution in [-0.4, -0.2) is 42.9 Å². The molecule has 41 heavy (non-hydrogen) atoms. The highest BCUT2D eigenvalue weighted by molar-refractivity contribution is 6.74. The van der Waals surface area contributed by atoms with Gasteiger partial charge in [0, 0.05) is 30.7 Å². The Kier molecular flexibility index (Phi) is 10.2. The molecule has 2 aromatic carbocycles. The van der Waals surface area contributed by atoms with Crippen molar-refractivity contribution in [2.24, 2.45) is 0 Å². The van der Waals surface area contributed by atoms with Crippen molar-refractivity contribution in [2.45, 2.75) is 71.9 Å². The summed E-state index contributed by atoms with van der Waals surface area (Å²) in [6, 6.07) is 16.4. The minimum absolute atomic E-state index is 0.0254. The molecule has 0 N–H and O–H groups in total. The van der Waals surface area contributed by atoms with E-state index >= 15 is 0 Å². The first-order valence-electron chi connectivity index (χ1n) is 13.4. The van der Waals surface area contributed by atoms with Gasteiger partial charge in [-0.25, -0.2) is 14.8 Å². The molecule has 0 aliphatic heterocycles. The minimum Gasteiger partial charge on any atom is -0.543 e. The van der Waals surface area contributed by atoms with E-state index in [4.69, 9.17) is 18.6 Å². The molecule has 10 heteroatoms. The standard InChI is InChI=1S/C31H37N3O6Si/c1-8-37-30(36)28(39-21(2)35)18-23-17-25(40-41(6,7)31(3,4)5)13-14-27(23)38-20-24-15-16-33-29(34-24)26-12-10-9-11-22(26)19-32/h9-17,28H,8,18,20H2,1-7H3/t28-/m1/s1. The average Bonchev–Trinajstić information content (AvgIpc) is 2.91. The molecule has 3 aromatic rings. The van der Waals surface area contributed by atoms with Crippen LogP contribution < -0.4 is 9.16 Å². The molecule has 1 atom stereocenters. The highest BCUT2D eigenvalue weighted by Crippen LogP contribution is 2.38. The zero-order valence-corrected chi connectivity index (χ0v) is 25.7. The molecule has 0 saturated heterocycles. The Morgan fingerprint density at radius 2 is 1.83 bits per heavy atom. The molecule has 0 amide bonds. The number of hydrogen-bond acceptors (Lipinski definition) is 9. The van der Waals surface area contributed by atoms with E-state index in [1.54, 1.807) is 43.5 Å². The summed E-state index contributed by atoms with van der Waals surface area (Å²) in [6.45, 7) is 13.9. The molecule has 0 saturated carbocycles. The third-order valence-corrected chi connectivity index (χ3v) is 11.2. The van der Waals surface area contributed by atoms with Gasteiger partial charge in [0.25, 0.3) is 0 Å². The van der Waals surface area contributed by atoms with Gasteiger partial charge in [0.15, 0.2) is 5.82 Å². The number of rotatable bonds is 11. The Bertz CT molecular complexity index is 1430. The second-order valence-corrected chi connectivity index (χ2v) is 15.7. The predicted molar refractivity (Wildman–Crippen MR) is 157 cm³/mol. The van der Waals surface area contributed by atoms with Crippen LogP contribution in [-0.2, 0) is 32.1 Å². The van der Waals surface area contributed by atoms with Gasteiger partial charge in [-0.2, -0.15) is 5.26 Å². The van der Waals surface area contributed by atoms with Crippen molar-refractivity contribution in [3.8, 4) is 29.0 Å². The highest BCUT2D eigenvalue weighted by Gasteiger charge is 2.39. The van der Waals surface area contributed by atoms with E-state index in [9.17, 15) is 14.9 Å². The normalized spacial score (nSPS) is 12.1. The van der Waals surface area contributed by atoms with Gasteiger partial charge in [-0.1, -0.05) is 32.9 Å². The van der Waals surface area contributed by atoms with Crippen LogP contribution in [0.4, 0.5) is 0 Å². The number of aromatic nitrogens is 2. The fourth-order valence-electron chi connectivity index (χ4n) is 3.71. The van der Waals surface area contributed by atoms with Crippen LogP contribution in [0.15, 0.2) is 54.7 Å². The third-order valence-electron chi connectivity index (χ3n) is 6.85. The number of benzene rings is 2. The number of nitrogens with zero attached hydrogens (tertiary/aromatic N) is 3. The summed E-state index contributed by atoms with van der Waals surface area (Å²) in [6.07, 6.45) is 0.502. The van der Waals surface area contributed by atoms with Gasteiger partial charge >= 0.3 is 11.9 Å². The Morgan fingerprint density at radius 3 is 2.49 bits per heavy atom. The van der Waals surface area contributed by atoms with Crippen LogP contribution in [0.5, 0.6) is 11.5 Å². The maximum atomic E-state index is 12.6. The fraction of sp³-hybridized carbons (Fsp3) is 0.387. The lowest BCUT2D eigenvalue weighted by atomic mass is 10.1. The third kappa shape index (κ3) is 8.38. The molecule has 216 valence electrons. The van der Waals surface area contributed by atoms with Gasteiger partial charge < -0.3 is 18.6 Å². The number of nitriles is 1. The summed E-state index contributed by atoms with van der Waals surface area (Å²) in [5, 5.41) is 9.44. The lowest BCUT2D eigenvalue weighted by molar-refractivity contribution is -0.166. The molecule has 0 aliphatic rings. The van der Waals surface area contributed by atoms with Gasteiger partial charge in [0.2, 0.25) is 14.4 Å². The van der Waals surface area contributed by atoms with Gasteiger partial charge in [-0.05, 0) is 61.5 Å². The molecule has 0 bridgehead atoms. The van der Waals surface area contributed by atoms with Crippen molar-refractivity contribution in [2.75, 3.05) is 6.61 Å². The summed E-state index contributed by atoms with van der Waals surface area (Å²) < 4.78 is 23.1. The van der Waals surface area contributed by atoms with Crippen molar-refractivity contribution < 1.29 is 28.2 Å². The zero-order valence-electron chi connectivity index (χ0n) is 24.7. The smallest absolute Gasteiger partial charge is 0.347 e. The number of hydrogen-bond donors (Lipinski definition) is 0. The molecule has 1 heterocycles. The van der Waals surface area contributed by atoms with E-state index < -0.39 is 26.4 Å². The SMILES string of the molecule is CCOC(=O)[C@@H](Cc1cc(O[Si](C)(C)C(C)(C)C)ccc1OCc1ccnc(-c2ccccc2C#N)n1)OC(C)=O. The summed E-state index contributed by atoms with van der Waals surface area (Å²) >= 11 is 0. The second-order valence-electron chi connectivity index (χ2n) is 11.0. The van der Waals surface area contributed by atoms with Crippen LogP contribution in [0.25, 0.3) is 11.4 Å². The van der Waals surface area contributed by atoms with E-state index in [0.717, 1.165) is 0 Å². The molecule has 0 radical (unpaired) electrons. The molecule has 3 rings (SSSR count). The number of esters is 2. The maximum absolute atomic E-state index is 12.6. The lowest BCUT2D eigenvalue weighted by Gasteiger charge is -2.36. The molecule has 0 fully saturated rings. The van der Waals surface area contributed by atoms with Crippen LogP contribution >= 0.6 is 0 Å². The van der Waals surface area contributed by atoms with Gasteiger partial charge in [0.05, 0.1) is 23.9 Å². The summed E-state index contributed by atoms with van der Waals surface area (Å²) in [4.78, 5) is 33.4. The Balaban J connectivity index is 1.94. The molecular weight excluding hydrogens is 538 g/mol. The van der Waals surface area contributed by atoms with Crippen LogP contribution in [0.3, 0.4) is 0 Å². The molecule has 1 aromatic heterocycles. The van der Waals surface area contributed by atoms with Gasteiger partial charge in [-0.3, -0.25) is 4.79 Å². The van der Waals surface area contributed by atoms with Crippen molar-refractivity contribution in [3.05, 3.63) is 71.5 Å². The molecular formula is C31H37N3O6Si. The van der Waals surface area contributed by atoms with Crippen molar-refractivity contribution in [1.29, 1.82) is 5.26 Å². The van der Waals surface area contributed by atoms with E-state index in [-0.39, 0.29) is 24.7 Å². The molecule has 0 aliphatic carbocycles. The first kappa shape index (κ1) is 31.3.